The Morgan fingerprint density at radius 2 is 1.86 bits per heavy atom. The highest BCUT2D eigenvalue weighted by Gasteiger charge is 2.43. The second-order valence-electron chi connectivity index (χ2n) is 6.31. The fourth-order valence-corrected chi connectivity index (χ4v) is 2.69. The second kappa shape index (κ2) is 9.16. The van der Waals surface area contributed by atoms with Crippen molar-refractivity contribution in [3.8, 4) is 0 Å². The average Bonchev–Trinajstić information content (AvgIpc) is 3.27. The van der Waals surface area contributed by atoms with Gasteiger partial charge in [-0.25, -0.2) is 0 Å². The number of hydrogen-bond acceptors (Lipinski definition) is 2. The molecule has 0 bridgehead atoms. The minimum absolute atomic E-state index is 0. The number of nitrogens with one attached hydrogen (secondary N) is 2. The monoisotopic (exact) mass is 324 g/mol. The first-order chi connectivity index (χ1) is 10.1. The molecule has 0 aromatic heterocycles. The Morgan fingerprint density at radius 3 is 2.45 bits per heavy atom. The van der Waals surface area contributed by atoms with Crippen LogP contribution in [0.4, 0.5) is 0 Å². The van der Waals surface area contributed by atoms with E-state index in [1.165, 1.54) is 11.1 Å². The number of carbonyl (C=O) groups is 1. The normalized spacial score (nSPS) is 19.6. The summed E-state index contributed by atoms with van der Waals surface area (Å²) in [6.07, 6.45) is 2.13. The summed E-state index contributed by atoms with van der Waals surface area (Å²) in [7, 11) is 0. The van der Waals surface area contributed by atoms with Crippen LogP contribution >= 0.6 is 12.4 Å². The highest BCUT2D eigenvalue weighted by Crippen LogP contribution is 2.47. The van der Waals surface area contributed by atoms with Crippen LogP contribution in [0, 0.1) is 5.92 Å². The molecule has 2 N–H and O–H groups in total. The van der Waals surface area contributed by atoms with Gasteiger partial charge in [0, 0.05) is 19.0 Å². The lowest BCUT2D eigenvalue weighted by atomic mass is 10.00. The molecule has 0 spiro atoms. The number of benzene rings is 1. The van der Waals surface area contributed by atoms with Gasteiger partial charge in [0.15, 0.2) is 0 Å². The van der Waals surface area contributed by atoms with Gasteiger partial charge < -0.3 is 10.6 Å². The van der Waals surface area contributed by atoms with Crippen LogP contribution in [0.1, 0.15) is 56.6 Å². The third-order valence-electron chi connectivity index (χ3n) is 4.19. The van der Waals surface area contributed by atoms with Crippen LogP contribution in [0.5, 0.6) is 0 Å². The van der Waals surface area contributed by atoms with Gasteiger partial charge >= 0.3 is 0 Å². The lowest BCUT2D eigenvalue weighted by molar-refractivity contribution is -0.122. The Bertz CT molecular complexity index is 459. The molecule has 1 fully saturated rings. The Hall–Kier alpha value is -1.06. The van der Waals surface area contributed by atoms with Gasteiger partial charge in [-0.3, -0.25) is 4.79 Å². The molecule has 0 aliphatic heterocycles. The van der Waals surface area contributed by atoms with Crippen molar-refractivity contribution in [1.29, 1.82) is 0 Å². The van der Waals surface area contributed by atoms with Crippen molar-refractivity contribution in [2.24, 2.45) is 5.92 Å². The van der Waals surface area contributed by atoms with Gasteiger partial charge in [0.1, 0.15) is 0 Å². The van der Waals surface area contributed by atoms with E-state index < -0.39 is 0 Å². The summed E-state index contributed by atoms with van der Waals surface area (Å²) in [6, 6.07) is 8.77. The zero-order chi connectivity index (χ0) is 15.2. The van der Waals surface area contributed by atoms with Gasteiger partial charge in [0.05, 0.1) is 0 Å². The molecule has 124 valence electrons. The van der Waals surface area contributed by atoms with Crippen LogP contribution in [0.25, 0.3) is 0 Å². The molecule has 0 heterocycles. The van der Waals surface area contributed by atoms with Gasteiger partial charge in [-0.05, 0) is 42.3 Å². The van der Waals surface area contributed by atoms with Crippen LogP contribution in [0.2, 0.25) is 0 Å². The van der Waals surface area contributed by atoms with Crippen LogP contribution in [0.3, 0.4) is 0 Å². The first-order valence-corrected chi connectivity index (χ1v) is 8.21. The van der Waals surface area contributed by atoms with Crippen LogP contribution in [-0.4, -0.2) is 25.5 Å². The molecule has 0 saturated heterocycles. The standard InChI is InChI=1S/C18H28N2O.ClH/c1-4-9-19-10-11-20-18(21)17-12-16(17)15-7-5-14(6-8-15)13(2)3;/h5-8,13,16-17,19H,4,9-12H2,1-3H3,(H,20,21);1H. The van der Waals surface area contributed by atoms with Crippen molar-refractivity contribution in [2.75, 3.05) is 19.6 Å². The van der Waals surface area contributed by atoms with E-state index in [9.17, 15) is 4.79 Å². The Labute approximate surface area is 140 Å². The van der Waals surface area contributed by atoms with Crippen LogP contribution < -0.4 is 10.6 Å². The largest absolute Gasteiger partial charge is 0.355 e. The van der Waals surface area contributed by atoms with Crippen molar-refractivity contribution in [1.82, 2.24) is 10.6 Å². The third-order valence-corrected chi connectivity index (χ3v) is 4.19. The average molecular weight is 325 g/mol. The maximum Gasteiger partial charge on any atom is 0.223 e. The predicted molar refractivity (Wildman–Crippen MR) is 94.8 cm³/mol. The quantitative estimate of drug-likeness (QED) is 0.719. The molecule has 4 heteroatoms. The highest BCUT2D eigenvalue weighted by atomic mass is 35.5. The van der Waals surface area contributed by atoms with E-state index in [4.69, 9.17) is 0 Å². The van der Waals surface area contributed by atoms with Crippen molar-refractivity contribution >= 4 is 18.3 Å². The minimum Gasteiger partial charge on any atom is -0.355 e. The van der Waals surface area contributed by atoms with Crippen molar-refractivity contribution in [3.05, 3.63) is 35.4 Å². The fourth-order valence-electron chi connectivity index (χ4n) is 2.69. The van der Waals surface area contributed by atoms with E-state index in [-0.39, 0.29) is 24.2 Å². The topological polar surface area (TPSA) is 41.1 Å². The zero-order valence-electron chi connectivity index (χ0n) is 13.9. The van der Waals surface area contributed by atoms with E-state index in [0.29, 0.717) is 11.8 Å². The highest BCUT2D eigenvalue weighted by molar-refractivity contribution is 5.85. The molecule has 1 aromatic carbocycles. The summed E-state index contributed by atoms with van der Waals surface area (Å²) in [5, 5.41) is 6.33. The van der Waals surface area contributed by atoms with Gasteiger partial charge in [-0.1, -0.05) is 45.0 Å². The third kappa shape index (κ3) is 5.29. The summed E-state index contributed by atoms with van der Waals surface area (Å²) in [5.41, 5.74) is 2.67. The first-order valence-electron chi connectivity index (χ1n) is 8.21. The smallest absolute Gasteiger partial charge is 0.223 e. The fraction of sp³-hybridized carbons (Fsp3) is 0.611. The molecule has 1 aliphatic rings. The summed E-state index contributed by atoms with van der Waals surface area (Å²) in [6.45, 7) is 9.16. The molecule has 22 heavy (non-hydrogen) atoms. The molecule has 0 radical (unpaired) electrons. The second-order valence-corrected chi connectivity index (χ2v) is 6.31. The summed E-state index contributed by atoms with van der Waals surface area (Å²) < 4.78 is 0. The zero-order valence-corrected chi connectivity index (χ0v) is 14.7. The van der Waals surface area contributed by atoms with Gasteiger partial charge in [0.25, 0.3) is 0 Å². The Balaban J connectivity index is 0.00000242. The molecule has 1 aliphatic carbocycles. The summed E-state index contributed by atoms with van der Waals surface area (Å²) >= 11 is 0. The molecule has 3 nitrogen and oxygen atoms in total. The van der Waals surface area contributed by atoms with Crippen molar-refractivity contribution in [2.45, 2.75) is 45.4 Å². The molecule has 2 rings (SSSR count). The lowest BCUT2D eigenvalue weighted by Crippen LogP contribution is -2.33. The van der Waals surface area contributed by atoms with Gasteiger partial charge in [-0.2, -0.15) is 0 Å². The van der Waals surface area contributed by atoms with Crippen molar-refractivity contribution < 1.29 is 4.79 Å². The van der Waals surface area contributed by atoms with E-state index >= 15 is 0 Å². The number of halogens is 1. The van der Waals surface area contributed by atoms with E-state index in [0.717, 1.165) is 32.5 Å². The summed E-state index contributed by atoms with van der Waals surface area (Å²) in [5.74, 6) is 1.38. The number of rotatable bonds is 8. The number of carbonyl (C=O) groups excluding carboxylic acids is 1. The van der Waals surface area contributed by atoms with E-state index in [1.54, 1.807) is 0 Å². The maximum atomic E-state index is 12.1. The SMILES string of the molecule is CCCNCCNC(=O)C1CC1c1ccc(C(C)C)cc1.Cl. The Morgan fingerprint density at radius 1 is 1.18 bits per heavy atom. The molecule has 2 unspecified atom stereocenters. The van der Waals surface area contributed by atoms with E-state index in [1.807, 2.05) is 0 Å². The van der Waals surface area contributed by atoms with Crippen molar-refractivity contribution in [3.63, 3.8) is 0 Å². The molecule has 1 saturated carbocycles. The summed E-state index contributed by atoms with van der Waals surface area (Å²) in [4.78, 5) is 12.1. The molecule has 1 amide bonds. The molecule has 1 aromatic rings. The lowest BCUT2D eigenvalue weighted by Gasteiger charge is -2.08. The first kappa shape index (κ1) is 19.0. The number of hydrogen-bond donors (Lipinski definition) is 2. The molecule has 2 atom stereocenters. The maximum absolute atomic E-state index is 12.1. The minimum atomic E-state index is 0. The van der Waals surface area contributed by atoms with Crippen LogP contribution in [0.15, 0.2) is 24.3 Å². The van der Waals surface area contributed by atoms with Gasteiger partial charge in [-0.15, -0.1) is 12.4 Å². The molecular formula is C18H29ClN2O. The van der Waals surface area contributed by atoms with Crippen LogP contribution in [-0.2, 0) is 4.79 Å². The Kier molecular flexibility index (Phi) is 7.91. The predicted octanol–water partition coefficient (Wildman–Crippen LogP) is 3.45. The molecular weight excluding hydrogens is 296 g/mol. The number of amides is 1. The van der Waals surface area contributed by atoms with Gasteiger partial charge in [0.2, 0.25) is 5.91 Å². The van der Waals surface area contributed by atoms with E-state index in [2.05, 4.69) is 55.7 Å².